The zero-order valence-corrected chi connectivity index (χ0v) is 21.4. The predicted molar refractivity (Wildman–Crippen MR) is 136 cm³/mol. The average molecular weight is 543 g/mol. The van der Waals surface area contributed by atoms with Gasteiger partial charge in [-0.25, -0.2) is 4.98 Å². The topological polar surface area (TPSA) is 106 Å². The van der Waals surface area contributed by atoms with Crippen molar-refractivity contribution in [2.45, 2.75) is 56.5 Å². The van der Waals surface area contributed by atoms with Crippen LogP contribution in [0.2, 0.25) is 0 Å². The molecule has 2 atom stereocenters. The Morgan fingerprint density at radius 1 is 1.21 bits per heavy atom. The first-order chi connectivity index (χ1) is 18.6. The van der Waals surface area contributed by atoms with Crippen LogP contribution in [0.1, 0.15) is 47.3 Å². The molecule has 0 bridgehead atoms. The van der Waals surface area contributed by atoms with E-state index in [2.05, 4.69) is 15.2 Å². The van der Waals surface area contributed by atoms with Crippen LogP contribution in [0.25, 0.3) is 11.0 Å². The number of pyridine rings is 1. The molecule has 3 aromatic rings. The number of piperidine rings is 1. The van der Waals surface area contributed by atoms with E-state index in [1.807, 2.05) is 19.1 Å². The number of anilines is 1. The Morgan fingerprint density at radius 3 is 2.72 bits per heavy atom. The lowest BCUT2D eigenvalue weighted by molar-refractivity contribution is -0.194. The molecule has 12 heteroatoms. The molecule has 206 valence electrons. The number of benzene rings is 1. The number of alkyl halides is 3. The van der Waals surface area contributed by atoms with Crippen molar-refractivity contribution in [3.63, 3.8) is 0 Å². The fourth-order valence-corrected chi connectivity index (χ4v) is 6.59. The third-order valence-electron chi connectivity index (χ3n) is 8.50. The molecule has 2 N–H and O–H groups in total. The van der Waals surface area contributed by atoms with Crippen molar-refractivity contribution in [3.8, 4) is 0 Å². The van der Waals surface area contributed by atoms with Gasteiger partial charge < -0.3 is 14.9 Å². The Balaban J connectivity index is 1.23. The van der Waals surface area contributed by atoms with Gasteiger partial charge in [0.15, 0.2) is 0 Å². The smallest absolute Gasteiger partial charge is 0.376 e. The highest BCUT2D eigenvalue weighted by atomic mass is 19.4. The van der Waals surface area contributed by atoms with Crippen molar-refractivity contribution >= 4 is 28.5 Å². The molecule has 1 spiro atoms. The minimum Gasteiger partial charge on any atom is -0.376 e. The highest BCUT2D eigenvalue weighted by Crippen LogP contribution is 2.50. The summed E-state index contributed by atoms with van der Waals surface area (Å²) in [5.41, 5.74) is 3.06. The van der Waals surface area contributed by atoms with Gasteiger partial charge in [0.05, 0.1) is 23.7 Å². The number of hydrogen-bond acceptors (Lipinski definition) is 6. The summed E-state index contributed by atoms with van der Waals surface area (Å²) in [4.78, 5) is 35.9. The number of amides is 2. The van der Waals surface area contributed by atoms with Crippen molar-refractivity contribution in [2.75, 3.05) is 31.1 Å². The molecule has 6 rings (SSSR count). The van der Waals surface area contributed by atoms with Gasteiger partial charge in [-0.15, -0.1) is 0 Å². The van der Waals surface area contributed by atoms with E-state index in [-0.39, 0.29) is 31.3 Å². The summed E-state index contributed by atoms with van der Waals surface area (Å²) in [5, 5.41) is 17.7. The maximum absolute atomic E-state index is 14.0. The quantitative estimate of drug-likeness (QED) is 0.525. The number of carbonyl (C=O) groups excluding carboxylic acids is 2. The number of rotatable bonds is 4. The first-order valence-corrected chi connectivity index (χ1v) is 13.1. The van der Waals surface area contributed by atoms with Crippen molar-refractivity contribution in [3.05, 3.63) is 53.3 Å². The molecule has 2 fully saturated rings. The number of H-pyrrole nitrogens is 1. The van der Waals surface area contributed by atoms with Crippen LogP contribution in [0.5, 0.6) is 0 Å². The van der Waals surface area contributed by atoms with E-state index in [1.165, 1.54) is 4.90 Å². The molecule has 1 unspecified atom stereocenters. The van der Waals surface area contributed by atoms with Crippen molar-refractivity contribution in [1.29, 1.82) is 0 Å². The number of aliphatic hydroxyl groups is 1. The molecule has 2 amide bonds. The van der Waals surface area contributed by atoms with Crippen LogP contribution in [-0.2, 0) is 10.2 Å². The molecule has 2 aromatic heterocycles. The molecule has 0 aliphatic carbocycles. The molecule has 1 aromatic carbocycles. The van der Waals surface area contributed by atoms with E-state index in [4.69, 9.17) is 0 Å². The van der Waals surface area contributed by atoms with E-state index < -0.39 is 23.9 Å². The SMILES string of the molecule is Cc1cccc2c1C1(CCN(C(=O)c3ccc4[nH]ncc4n3)CC1)C(=O)N2CC(O)N1CCC[C@H]1C(F)(F)F. The van der Waals surface area contributed by atoms with Crippen LogP contribution in [0.4, 0.5) is 18.9 Å². The number of nitrogens with one attached hydrogen (secondary N) is 1. The molecule has 3 aliphatic heterocycles. The van der Waals surface area contributed by atoms with E-state index in [9.17, 15) is 27.9 Å². The number of nitrogens with zero attached hydrogens (tertiary/aromatic N) is 5. The minimum absolute atomic E-state index is 0.0691. The first-order valence-electron chi connectivity index (χ1n) is 13.1. The molecule has 0 saturated carbocycles. The standard InChI is InChI=1S/C27H29F3N6O3/c1-16-4-2-5-20-23(16)26(25(39)36(20)15-22(37)35-11-3-6-21(35)27(28,29)30)9-12-34(13-10-26)24(38)18-8-7-17-19(32-18)14-31-33-17/h2,4-5,7-8,14,21-22,37H,3,6,9-13,15H2,1H3,(H,31,33)/t21-,22?/m0/s1. The van der Waals surface area contributed by atoms with Gasteiger partial charge in [-0.1, -0.05) is 12.1 Å². The largest absolute Gasteiger partial charge is 0.404 e. The van der Waals surface area contributed by atoms with Gasteiger partial charge in [-0.05, 0) is 61.9 Å². The number of aryl methyl sites for hydroxylation is 1. The summed E-state index contributed by atoms with van der Waals surface area (Å²) in [6.07, 6.45) is -3.34. The lowest BCUT2D eigenvalue weighted by atomic mass is 9.72. The number of carbonyl (C=O) groups is 2. The second-order valence-corrected chi connectivity index (χ2v) is 10.7. The number of aromatic nitrogens is 3. The Bertz CT molecular complexity index is 1430. The molecule has 5 heterocycles. The third-order valence-corrected chi connectivity index (χ3v) is 8.50. The molecule has 9 nitrogen and oxygen atoms in total. The number of fused-ring (bicyclic) bond motifs is 3. The van der Waals surface area contributed by atoms with Gasteiger partial charge in [0.25, 0.3) is 5.91 Å². The summed E-state index contributed by atoms with van der Waals surface area (Å²) in [6.45, 7) is 2.43. The van der Waals surface area contributed by atoms with Gasteiger partial charge in [0.1, 0.15) is 23.5 Å². The van der Waals surface area contributed by atoms with Gasteiger partial charge in [0, 0.05) is 25.3 Å². The van der Waals surface area contributed by atoms with Gasteiger partial charge >= 0.3 is 6.18 Å². The fourth-order valence-electron chi connectivity index (χ4n) is 6.59. The highest BCUT2D eigenvalue weighted by molar-refractivity contribution is 6.09. The van der Waals surface area contributed by atoms with Crippen LogP contribution >= 0.6 is 0 Å². The van der Waals surface area contributed by atoms with Crippen molar-refractivity contribution in [1.82, 2.24) is 25.0 Å². The van der Waals surface area contributed by atoms with E-state index in [0.29, 0.717) is 49.2 Å². The number of aromatic amines is 1. The summed E-state index contributed by atoms with van der Waals surface area (Å²) < 4.78 is 40.6. The van der Waals surface area contributed by atoms with Crippen LogP contribution in [0, 0.1) is 6.92 Å². The van der Waals surface area contributed by atoms with Crippen molar-refractivity contribution in [2.24, 2.45) is 0 Å². The lowest BCUT2D eigenvalue weighted by Gasteiger charge is -2.39. The Hall–Kier alpha value is -3.51. The van der Waals surface area contributed by atoms with Gasteiger partial charge in [-0.2, -0.15) is 18.3 Å². The number of hydrogen-bond donors (Lipinski definition) is 2. The normalized spacial score (nSPS) is 22.2. The predicted octanol–water partition coefficient (Wildman–Crippen LogP) is 3.13. The van der Waals surface area contributed by atoms with E-state index >= 15 is 0 Å². The highest BCUT2D eigenvalue weighted by Gasteiger charge is 2.54. The second-order valence-electron chi connectivity index (χ2n) is 10.7. The Morgan fingerprint density at radius 2 is 1.97 bits per heavy atom. The van der Waals surface area contributed by atoms with Crippen molar-refractivity contribution < 1.29 is 27.9 Å². The summed E-state index contributed by atoms with van der Waals surface area (Å²) in [7, 11) is 0. The Labute approximate surface area is 222 Å². The monoisotopic (exact) mass is 542 g/mol. The van der Waals surface area contributed by atoms with E-state index in [0.717, 1.165) is 21.5 Å². The molecule has 39 heavy (non-hydrogen) atoms. The zero-order chi connectivity index (χ0) is 27.5. The molecule has 3 aliphatic rings. The lowest BCUT2D eigenvalue weighted by Crippen LogP contribution is -2.54. The maximum Gasteiger partial charge on any atom is 0.404 e. The third kappa shape index (κ3) is 4.17. The second kappa shape index (κ2) is 9.30. The van der Waals surface area contributed by atoms with Gasteiger partial charge in [0.2, 0.25) is 5.91 Å². The van der Waals surface area contributed by atoms with Gasteiger partial charge in [-0.3, -0.25) is 19.6 Å². The minimum atomic E-state index is -4.45. The average Bonchev–Trinajstić information content (AvgIpc) is 3.64. The van der Waals surface area contributed by atoms with Crippen LogP contribution < -0.4 is 4.90 Å². The van der Waals surface area contributed by atoms with Crippen LogP contribution in [0.15, 0.2) is 36.5 Å². The van der Waals surface area contributed by atoms with Crippen LogP contribution in [0.3, 0.4) is 0 Å². The molecule has 0 radical (unpaired) electrons. The summed E-state index contributed by atoms with van der Waals surface area (Å²) >= 11 is 0. The zero-order valence-electron chi connectivity index (χ0n) is 21.4. The molecular weight excluding hydrogens is 513 g/mol. The molecular formula is C27H29F3N6O3. The maximum atomic E-state index is 14.0. The Kier molecular flexibility index (Phi) is 6.14. The number of aliphatic hydroxyl groups excluding tert-OH is 1. The number of halogens is 3. The van der Waals surface area contributed by atoms with Crippen LogP contribution in [-0.4, -0.2) is 86.5 Å². The number of β-amino-alcohol motifs (C(OH)–C–C–N with tert-alkyl or cyclic N) is 1. The molecule has 2 saturated heterocycles. The number of likely N-dealkylation sites (tertiary alicyclic amines) is 2. The summed E-state index contributed by atoms with van der Waals surface area (Å²) in [5.74, 6) is -0.471. The first kappa shape index (κ1) is 25.8. The summed E-state index contributed by atoms with van der Waals surface area (Å²) in [6, 6.07) is 7.18. The van der Waals surface area contributed by atoms with E-state index in [1.54, 1.807) is 29.3 Å². The fraction of sp³-hybridized carbons (Fsp3) is 0.481.